The van der Waals surface area contributed by atoms with Crippen LogP contribution in [0, 0.1) is 0 Å². The first-order valence-corrected chi connectivity index (χ1v) is 5.54. The normalized spacial score (nSPS) is 9.79. The van der Waals surface area contributed by atoms with E-state index >= 15 is 0 Å². The topological polar surface area (TPSA) is 73.3 Å². The molecule has 0 saturated heterocycles. The van der Waals surface area contributed by atoms with E-state index in [2.05, 4.69) is 15.3 Å². The van der Waals surface area contributed by atoms with Crippen LogP contribution in [0.2, 0.25) is 0 Å². The zero-order valence-corrected chi connectivity index (χ0v) is 10.6. The number of benzene rings is 1. The Kier molecular flexibility index (Phi) is 3.92. The highest BCUT2D eigenvalue weighted by Crippen LogP contribution is 2.17. The Morgan fingerprint density at radius 1 is 1.16 bits per heavy atom. The van der Waals surface area contributed by atoms with Crippen molar-refractivity contribution in [2.45, 2.75) is 0 Å². The molecule has 0 bridgehead atoms. The van der Waals surface area contributed by atoms with Crippen LogP contribution in [-0.2, 0) is 0 Å². The van der Waals surface area contributed by atoms with Gasteiger partial charge in [-0.15, -0.1) is 0 Å². The summed E-state index contributed by atoms with van der Waals surface area (Å²) in [6.07, 6.45) is 1.28. The number of rotatable bonds is 4. The summed E-state index contributed by atoms with van der Waals surface area (Å²) in [5, 5.41) is 2.72. The van der Waals surface area contributed by atoms with Crippen LogP contribution in [-0.4, -0.2) is 30.1 Å². The average molecular weight is 259 g/mol. The van der Waals surface area contributed by atoms with E-state index in [4.69, 9.17) is 9.47 Å². The summed E-state index contributed by atoms with van der Waals surface area (Å²) in [7, 11) is 3.04. The molecule has 0 saturated carbocycles. The Balaban J connectivity index is 2.15. The molecule has 2 aromatic rings. The average Bonchev–Trinajstić information content (AvgIpc) is 2.47. The minimum atomic E-state index is -0.339. The number of methoxy groups -OCH3 is 2. The number of hydrogen-bond donors (Lipinski definition) is 1. The maximum Gasteiger partial charge on any atom is 0.274 e. The van der Waals surface area contributed by atoms with Gasteiger partial charge in [-0.25, -0.2) is 9.97 Å². The number of hydrogen-bond acceptors (Lipinski definition) is 5. The lowest BCUT2D eigenvalue weighted by Crippen LogP contribution is -2.14. The van der Waals surface area contributed by atoms with Gasteiger partial charge in [0.25, 0.3) is 5.91 Å². The number of ether oxygens (including phenoxy) is 2. The standard InChI is InChI=1S/C13H13N3O3/c1-18-10-5-3-4-9(6-10)16-13(17)11-7-12(19-2)15-8-14-11/h3-8H,1-2H3,(H,16,17). The lowest BCUT2D eigenvalue weighted by atomic mass is 10.3. The van der Waals surface area contributed by atoms with Crippen molar-refractivity contribution in [2.24, 2.45) is 0 Å². The number of carbonyl (C=O) groups is 1. The fourth-order valence-electron chi connectivity index (χ4n) is 1.47. The summed E-state index contributed by atoms with van der Waals surface area (Å²) in [5.74, 6) is 0.665. The minimum Gasteiger partial charge on any atom is -0.497 e. The van der Waals surface area contributed by atoms with Crippen molar-refractivity contribution in [3.8, 4) is 11.6 Å². The second-order valence-electron chi connectivity index (χ2n) is 3.63. The summed E-state index contributed by atoms with van der Waals surface area (Å²) < 4.78 is 10.0. The second-order valence-corrected chi connectivity index (χ2v) is 3.63. The van der Waals surface area contributed by atoms with E-state index in [1.54, 1.807) is 31.4 Å². The molecular formula is C13H13N3O3. The molecule has 2 rings (SSSR count). The quantitative estimate of drug-likeness (QED) is 0.905. The largest absolute Gasteiger partial charge is 0.497 e. The SMILES string of the molecule is COc1cccc(NC(=O)c2cc(OC)ncn2)c1. The van der Waals surface area contributed by atoms with Crippen molar-refractivity contribution < 1.29 is 14.3 Å². The van der Waals surface area contributed by atoms with Crippen molar-refractivity contribution in [1.29, 1.82) is 0 Å². The lowest BCUT2D eigenvalue weighted by Gasteiger charge is -2.07. The van der Waals surface area contributed by atoms with Crippen molar-refractivity contribution in [3.05, 3.63) is 42.4 Å². The van der Waals surface area contributed by atoms with Gasteiger partial charge in [-0.1, -0.05) is 6.07 Å². The van der Waals surface area contributed by atoms with Gasteiger partial charge in [0.05, 0.1) is 14.2 Å². The molecule has 6 nitrogen and oxygen atoms in total. The molecule has 0 fully saturated rings. The Morgan fingerprint density at radius 3 is 2.74 bits per heavy atom. The van der Waals surface area contributed by atoms with E-state index in [9.17, 15) is 4.79 Å². The van der Waals surface area contributed by atoms with Crippen LogP contribution >= 0.6 is 0 Å². The van der Waals surface area contributed by atoms with Crippen molar-refractivity contribution in [1.82, 2.24) is 9.97 Å². The first-order chi connectivity index (χ1) is 9.22. The molecule has 0 aliphatic carbocycles. The number of nitrogens with one attached hydrogen (secondary N) is 1. The summed E-state index contributed by atoms with van der Waals surface area (Å²) in [6.45, 7) is 0. The van der Waals surface area contributed by atoms with Gasteiger partial charge in [0, 0.05) is 17.8 Å². The van der Waals surface area contributed by atoms with E-state index < -0.39 is 0 Å². The van der Waals surface area contributed by atoms with E-state index in [1.807, 2.05) is 0 Å². The number of carbonyl (C=O) groups excluding carboxylic acids is 1. The second kappa shape index (κ2) is 5.81. The summed E-state index contributed by atoms with van der Waals surface area (Å²) >= 11 is 0. The molecular weight excluding hydrogens is 246 g/mol. The molecule has 1 aromatic heterocycles. The predicted octanol–water partition coefficient (Wildman–Crippen LogP) is 1.75. The summed E-state index contributed by atoms with van der Waals surface area (Å²) in [5.41, 5.74) is 0.858. The van der Waals surface area contributed by atoms with Gasteiger partial charge in [-0.3, -0.25) is 4.79 Å². The molecule has 1 amide bonds. The van der Waals surface area contributed by atoms with Crippen molar-refractivity contribution in [2.75, 3.05) is 19.5 Å². The maximum absolute atomic E-state index is 12.0. The van der Waals surface area contributed by atoms with Gasteiger partial charge in [-0.2, -0.15) is 0 Å². The number of anilines is 1. The number of amides is 1. The molecule has 1 heterocycles. The lowest BCUT2D eigenvalue weighted by molar-refractivity contribution is 0.102. The van der Waals surface area contributed by atoms with Crippen LogP contribution in [0.5, 0.6) is 11.6 Å². The highest BCUT2D eigenvalue weighted by Gasteiger charge is 2.09. The zero-order chi connectivity index (χ0) is 13.7. The predicted molar refractivity (Wildman–Crippen MR) is 69.5 cm³/mol. The molecule has 1 aromatic carbocycles. The Bertz CT molecular complexity index is 587. The van der Waals surface area contributed by atoms with Gasteiger partial charge in [0.1, 0.15) is 17.8 Å². The highest BCUT2D eigenvalue weighted by molar-refractivity contribution is 6.03. The third kappa shape index (κ3) is 3.19. The molecule has 6 heteroatoms. The highest BCUT2D eigenvalue weighted by atomic mass is 16.5. The monoisotopic (exact) mass is 259 g/mol. The molecule has 0 radical (unpaired) electrons. The summed E-state index contributed by atoms with van der Waals surface area (Å²) in [6, 6.07) is 8.53. The van der Waals surface area contributed by atoms with E-state index in [0.717, 1.165) is 0 Å². The van der Waals surface area contributed by atoms with E-state index in [1.165, 1.54) is 19.5 Å². The molecule has 0 unspecified atom stereocenters. The van der Waals surface area contributed by atoms with E-state index in [0.29, 0.717) is 17.3 Å². The molecule has 1 N–H and O–H groups in total. The van der Waals surface area contributed by atoms with Gasteiger partial charge < -0.3 is 14.8 Å². The Morgan fingerprint density at radius 2 is 2.00 bits per heavy atom. The molecule has 0 atom stereocenters. The minimum absolute atomic E-state index is 0.231. The van der Waals surface area contributed by atoms with Crippen LogP contribution in [0.1, 0.15) is 10.5 Å². The molecule has 0 spiro atoms. The van der Waals surface area contributed by atoms with Crippen LogP contribution in [0.4, 0.5) is 5.69 Å². The molecule has 19 heavy (non-hydrogen) atoms. The van der Waals surface area contributed by atoms with Crippen molar-refractivity contribution in [3.63, 3.8) is 0 Å². The van der Waals surface area contributed by atoms with Gasteiger partial charge >= 0.3 is 0 Å². The van der Waals surface area contributed by atoms with Crippen LogP contribution in [0.15, 0.2) is 36.7 Å². The van der Waals surface area contributed by atoms with Crippen LogP contribution in [0.25, 0.3) is 0 Å². The van der Waals surface area contributed by atoms with Crippen LogP contribution < -0.4 is 14.8 Å². The molecule has 98 valence electrons. The number of nitrogens with zero attached hydrogens (tertiary/aromatic N) is 2. The first-order valence-electron chi connectivity index (χ1n) is 5.54. The number of aromatic nitrogens is 2. The third-order valence-electron chi connectivity index (χ3n) is 2.41. The first kappa shape index (κ1) is 12.8. The summed E-state index contributed by atoms with van der Waals surface area (Å²) in [4.78, 5) is 19.7. The van der Waals surface area contributed by atoms with Gasteiger partial charge in [-0.05, 0) is 12.1 Å². The van der Waals surface area contributed by atoms with Crippen molar-refractivity contribution >= 4 is 11.6 Å². The fraction of sp³-hybridized carbons (Fsp3) is 0.154. The molecule has 0 aliphatic heterocycles. The van der Waals surface area contributed by atoms with E-state index in [-0.39, 0.29) is 11.6 Å². The maximum atomic E-state index is 12.0. The Labute approximate surface area is 110 Å². The smallest absolute Gasteiger partial charge is 0.274 e. The Hall–Kier alpha value is -2.63. The zero-order valence-electron chi connectivity index (χ0n) is 10.6. The van der Waals surface area contributed by atoms with Gasteiger partial charge in [0.2, 0.25) is 5.88 Å². The molecule has 0 aliphatic rings. The third-order valence-corrected chi connectivity index (χ3v) is 2.41. The van der Waals surface area contributed by atoms with Crippen LogP contribution in [0.3, 0.4) is 0 Å². The van der Waals surface area contributed by atoms with Gasteiger partial charge in [0.15, 0.2) is 0 Å². The fourth-order valence-corrected chi connectivity index (χ4v) is 1.47.